The summed E-state index contributed by atoms with van der Waals surface area (Å²) in [4.78, 5) is 11.7. The highest BCUT2D eigenvalue weighted by Gasteiger charge is 2.12. The molecule has 0 radical (unpaired) electrons. The average molecular weight is 279 g/mol. The van der Waals surface area contributed by atoms with Gasteiger partial charge < -0.3 is 14.8 Å². The van der Waals surface area contributed by atoms with Gasteiger partial charge in [-0.2, -0.15) is 0 Å². The Hall–Kier alpha value is -1.71. The minimum Gasteiger partial charge on any atom is -0.496 e. The van der Waals surface area contributed by atoms with Crippen LogP contribution in [0.1, 0.15) is 38.3 Å². The van der Waals surface area contributed by atoms with E-state index in [0.29, 0.717) is 12.8 Å². The van der Waals surface area contributed by atoms with Crippen LogP contribution in [0.4, 0.5) is 0 Å². The quantitative estimate of drug-likeness (QED) is 0.835. The lowest BCUT2D eigenvalue weighted by Gasteiger charge is -2.14. The fraction of sp³-hybridized carbons (Fsp3) is 0.562. The third-order valence-corrected chi connectivity index (χ3v) is 3.14. The highest BCUT2D eigenvalue weighted by Crippen LogP contribution is 2.30. The first-order chi connectivity index (χ1) is 9.51. The summed E-state index contributed by atoms with van der Waals surface area (Å²) in [6, 6.07) is 4.14. The molecular formula is C16H25NO3. The van der Waals surface area contributed by atoms with Crippen molar-refractivity contribution in [3.63, 3.8) is 0 Å². The highest BCUT2D eigenvalue weighted by molar-refractivity contribution is 5.76. The molecule has 0 fully saturated rings. The summed E-state index contributed by atoms with van der Waals surface area (Å²) >= 11 is 0. The number of hydrogen-bond acceptors (Lipinski definition) is 3. The molecule has 0 bridgehead atoms. The monoisotopic (exact) mass is 279 g/mol. The number of rotatable bonds is 7. The number of carbonyl (C=O) groups excluding carboxylic acids is 1. The zero-order valence-corrected chi connectivity index (χ0v) is 13.1. The van der Waals surface area contributed by atoms with Crippen LogP contribution in [-0.4, -0.2) is 26.2 Å². The van der Waals surface area contributed by atoms with Crippen molar-refractivity contribution in [1.82, 2.24) is 5.32 Å². The number of nitrogens with one attached hydrogen (secondary N) is 1. The lowest BCUT2D eigenvalue weighted by Crippen LogP contribution is -2.30. The molecule has 1 N–H and O–H groups in total. The minimum absolute atomic E-state index is 0.0657. The zero-order chi connectivity index (χ0) is 15.1. The van der Waals surface area contributed by atoms with Crippen LogP contribution < -0.4 is 14.8 Å². The van der Waals surface area contributed by atoms with E-state index in [4.69, 9.17) is 9.47 Å². The first kappa shape index (κ1) is 16.3. The van der Waals surface area contributed by atoms with E-state index >= 15 is 0 Å². The van der Waals surface area contributed by atoms with Gasteiger partial charge in [0.1, 0.15) is 11.5 Å². The van der Waals surface area contributed by atoms with Crippen molar-refractivity contribution in [3.8, 4) is 11.5 Å². The molecule has 0 unspecified atom stereocenters. The highest BCUT2D eigenvalue weighted by atomic mass is 16.5. The maximum atomic E-state index is 11.7. The van der Waals surface area contributed by atoms with Gasteiger partial charge >= 0.3 is 0 Å². The topological polar surface area (TPSA) is 47.6 Å². The number of aryl methyl sites for hydroxylation is 2. The summed E-state index contributed by atoms with van der Waals surface area (Å²) in [6.45, 7) is 6.00. The molecule has 20 heavy (non-hydrogen) atoms. The summed E-state index contributed by atoms with van der Waals surface area (Å²) in [5.74, 6) is 1.67. The Bertz CT molecular complexity index is 455. The van der Waals surface area contributed by atoms with E-state index in [9.17, 15) is 4.79 Å². The van der Waals surface area contributed by atoms with Crippen molar-refractivity contribution in [2.75, 3.05) is 14.2 Å². The van der Waals surface area contributed by atoms with E-state index < -0.39 is 0 Å². The van der Waals surface area contributed by atoms with Gasteiger partial charge in [-0.05, 0) is 43.9 Å². The molecule has 0 saturated carbocycles. The average Bonchev–Trinajstić information content (AvgIpc) is 2.43. The first-order valence-electron chi connectivity index (χ1n) is 7.04. The van der Waals surface area contributed by atoms with Crippen LogP contribution in [0.5, 0.6) is 11.5 Å². The molecule has 112 valence electrons. The van der Waals surface area contributed by atoms with Gasteiger partial charge in [0.2, 0.25) is 5.91 Å². The Morgan fingerprint density at radius 2 is 1.75 bits per heavy atom. The fourth-order valence-corrected chi connectivity index (χ4v) is 2.15. The van der Waals surface area contributed by atoms with Crippen molar-refractivity contribution < 1.29 is 14.3 Å². The van der Waals surface area contributed by atoms with Crippen molar-refractivity contribution in [3.05, 3.63) is 23.3 Å². The maximum Gasteiger partial charge on any atom is 0.220 e. The van der Waals surface area contributed by atoms with Crippen LogP contribution in [0.2, 0.25) is 0 Å². The SMILES string of the molecule is CCc1cc(CCC(=O)NC(C)C)c(OC)cc1OC. The molecule has 1 aromatic rings. The second kappa shape index (κ2) is 7.78. The van der Waals surface area contributed by atoms with E-state index in [1.54, 1.807) is 14.2 Å². The van der Waals surface area contributed by atoms with Gasteiger partial charge in [-0.3, -0.25) is 4.79 Å². The van der Waals surface area contributed by atoms with Crippen LogP contribution in [0.15, 0.2) is 12.1 Å². The molecule has 1 aromatic carbocycles. The maximum absolute atomic E-state index is 11.7. The molecule has 0 atom stereocenters. The van der Waals surface area contributed by atoms with Crippen LogP contribution in [0.25, 0.3) is 0 Å². The normalized spacial score (nSPS) is 10.5. The minimum atomic E-state index is 0.0657. The number of carbonyl (C=O) groups is 1. The first-order valence-corrected chi connectivity index (χ1v) is 7.04. The van der Waals surface area contributed by atoms with Gasteiger partial charge in [0.25, 0.3) is 0 Å². The van der Waals surface area contributed by atoms with E-state index in [2.05, 4.69) is 18.3 Å². The van der Waals surface area contributed by atoms with Crippen LogP contribution in [-0.2, 0) is 17.6 Å². The molecule has 0 aliphatic heterocycles. The summed E-state index contributed by atoms with van der Waals surface area (Å²) in [5, 5.41) is 2.90. The predicted molar refractivity (Wildman–Crippen MR) is 80.5 cm³/mol. The smallest absolute Gasteiger partial charge is 0.220 e. The molecule has 0 aliphatic rings. The van der Waals surface area contributed by atoms with Gasteiger partial charge in [-0.15, -0.1) is 0 Å². The largest absolute Gasteiger partial charge is 0.496 e. The molecule has 1 rings (SSSR count). The lowest BCUT2D eigenvalue weighted by atomic mass is 10.0. The Morgan fingerprint density at radius 3 is 2.25 bits per heavy atom. The second-order valence-electron chi connectivity index (χ2n) is 5.05. The number of amides is 1. The molecule has 4 heteroatoms. The molecule has 4 nitrogen and oxygen atoms in total. The fourth-order valence-electron chi connectivity index (χ4n) is 2.15. The van der Waals surface area contributed by atoms with E-state index in [0.717, 1.165) is 29.0 Å². The van der Waals surface area contributed by atoms with Gasteiger partial charge in [0.15, 0.2) is 0 Å². The van der Waals surface area contributed by atoms with E-state index in [1.807, 2.05) is 19.9 Å². The Balaban J connectivity index is 2.85. The standard InChI is InChI=1S/C16H25NO3/c1-6-12-9-13(7-8-16(18)17-11(2)3)15(20-5)10-14(12)19-4/h9-11H,6-8H2,1-5H3,(H,17,18). The number of methoxy groups -OCH3 is 2. The second-order valence-corrected chi connectivity index (χ2v) is 5.05. The molecule has 0 heterocycles. The van der Waals surface area contributed by atoms with Gasteiger partial charge in [-0.25, -0.2) is 0 Å². The van der Waals surface area contributed by atoms with E-state index in [1.165, 1.54) is 0 Å². The Morgan fingerprint density at radius 1 is 1.15 bits per heavy atom. The number of ether oxygens (including phenoxy) is 2. The third kappa shape index (κ3) is 4.44. The number of benzene rings is 1. The number of hydrogen-bond donors (Lipinski definition) is 1. The van der Waals surface area contributed by atoms with Crippen LogP contribution >= 0.6 is 0 Å². The molecular weight excluding hydrogens is 254 g/mol. The van der Waals surface area contributed by atoms with Crippen LogP contribution in [0, 0.1) is 0 Å². The summed E-state index contributed by atoms with van der Waals surface area (Å²) in [7, 11) is 3.29. The van der Waals surface area contributed by atoms with Crippen molar-refractivity contribution in [1.29, 1.82) is 0 Å². The predicted octanol–water partition coefficient (Wildman–Crippen LogP) is 2.72. The Labute approximate surface area is 121 Å². The lowest BCUT2D eigenvalue weighted by molar-refractivity contribution is -0.121. The zero-order valence-electron chi connectivity index (χ0n) is 13.1. The van der Waals surface area contributed by atoms with Crippen molar-refractivity contribution in [2.24, 2.45) is 0 Å². The molecule has 0 aromatic heterocycles. The molecule has 0 spiro atoms. The third-order valence-electron chi connectivity index (χ3n) is 3.14. The van der Waals surface area contributed by atoms with Gasteiger partial charge in [-0.1, -0.05) is 6.92 Å². The van der Waals surface area contributed by atoms with Crippen LogP contribution in [0.3, 0.4) is 0 Å². The van der Waals surface area contributed by atoms with Crippen molar-refractivity contribution in [2.45, 2.75) is 46.1 Å². The molecule has 1 amide bonds. The molecule has 0 aliphatic carbocycles. The van der Waals surface area contributed by atoms with E-state index in [-0.39, 0.29) is 11.9 Å². The van der Waals surface area contributed by atoms with Crippen molar-refractivity contribution >= 4 is 5.91 Å². The van der Waals surface area contributed by atoms with Gasteiger partial charge in [0.05, 0.1) is 14.2 Å². The Kier molecular flexibility index (Phi) is 6.36. The summed E-state index contributed by atoms with van der Waals surface area (Å²) in [6.07, 6.45) is 2.01. The summed E-state index contributed by atoms with van der Waals surface area (Å²) in [5.41, 5.74) is 2.18. The van der Waals surface area contributed by atoms with Gasteiger partial charge in [0, 0.05) is 18.5 Å². The summed E-state index contributed by atoms with van der Waals surface area (Å²) < 4.78 is 10.7. The molecule has 0 saturated heterocycles.